The maximum absolute atomic E-state index is 12.0. The molecule has 19 heavy (non-hydrogen) atoms. The predicted octanol–water partition coefficient (Wildman–Crippen LogP) is 1.63. The Morgan fingerprint density at radius 3 is 2.63 bits per heavy atom. The first-order chi connectivity index (χ1) is 8.94. The van der Waals surface area contributed by atoms with Gasteiger partial charge in [0, 0.05) is 12.3 Å². The van der Waals surface area contributed by atoms with Gasteiger partial charge in [0.1, 0.15) is 0 Å². The van der Waals surface area contributed by atoms with Crippen LogP contribution in [0.3, 0.4) is 0 Å². The maximum atomic E-state index is 12.0. The standard InChI is InChI=1S/C13H14N2O3S/c1-10-3-2-4-11(7-10)9-19(17,18)15-12-5-6-13(16)14-8-12/h2-8,15H,9H2,1H3,(H,14,16). The number of aromatic nitrogens is 1. The Hall–Kier alpha value is -2.08. The van der Waals surface area contributed by atoms with Crippen molar-refractivity contribution in [2.24, 2.45) is 0 Å². The van der Waals surface area contributed by atoms with E-state index in [-0.39, 0.29) is 11.3 Å². The summed E-state index contributed by atoms with van der Waals surface area (Å²) in [7, 11) is -3.49. The van der Waals surface area contributed by atoms with Crippen LogP contribution in [0.15, 0.2) is 47.4 Å². The lowest BCUT2D eigenvalue weighted by Crippen LogP contribution is -2.16. The van der Waals surface area contributed by atoms with E-state index >= 15 is 0 Å². The number of aryl methyl sites for hydroxylation is 1. The second-order valence-electron chi connectivity index (χ2n) is 4.29. The van der Waals surface area contributed by atoms with Crippen molar-refractivity contribution in [2.45, 2.75) is 12.7 Å². The molecule has 0 amide bonds. The molecule has 0 aliphatic carbocycles. The fourth-order valence-corrected chi connectivity index (χ4v) is 2.89. The van der Waals surface area contributed by atoms with Gasteiger partial charge in [0.15, 0.2) is 0 Å². The van der Waals surface area contributed by atoms with Crippen molar-refractivity contribution in [3.05, 3.63) is 64.1 Å². The summed E-state index contributed by atoms with van der Waals surface area (Å²) in [6.45, 7) is 1.91. The van der Waals surface area contributed by atoms with Crippen molar-refractivity contribution in [3.8, 4) is 0 Å². The molecule has 100 valence electrons. The minimum atomic E-state index is -3.49. The highest BCUT2D eigenvalue weighted by Crippen LogP contribution is 2.11. The Bertz CT molecular complexity index is 715. The van der Waals surface area contributed by atoms with Crippen LogP contribution in [0, 0.1) is 6.92 Å². The topological polar surface area (TPSA) is 79.0 Å². The Morgan fingerprint density at radius 1 is 1.21 bits per heavy atom. The third-order valence-corrected chi connectivity index (χ3v) is 3.76. The number of nitrogens with one attached hydrogen (secondary N) is 2. The van der Waals surface area contributed by atoms with Crippen LogP contribution in [-0.2, 0) is 15.8 Å². The number of hydrogen-bond donors (Lipinski definition) is 2. The Labute approximate surface area is 111 Å². The molecule has 0 unspecified atom stereocenters. The number of benzene rings is 1. The first-order valence-corrected chi connectivity index (χ1v) is 7.35. The van der Waals surface area contributed by atoms with Gasteiger partial charge >= 0.3 is 0 Å². The SMILES string of the molecule is Cc1cccc(CS(=O)(=O)Nc2ccc(=O)[nH]c2)c1. The molecular weight excluding hydrogens is 264 g/mol. The van der Waals surface area contributed by atoms with Crippen molar-refractivity contribution in [1.29, 1.82) is 0 Å². The van der Waals surface area contributed by atoms with Crippen LogP contribution in [0.4, 0.5) is 5.69 Å². The molecule has 0 spiro atoms. The van der Waals surface area contributed by atoms with Crippen molar-refractivity contribution in [3.63, 3.8) is 0 Å². The molecule has 1 aromatic heterocycles. The van der Waals surface area contributed by atoms with E-state index in [0.717, 1.165) is 11.1 Å². The largest absolute Gasteiger partial charge is 0.327 e. The molecule has 0 saturated heterocycles. The molecule has 0 atom stereocenters. The number of rotatable bonds is 4. The fraction of sp³-hybridized carbons (Fsp3) is 0.154. The van der Waals surface area contributed by atoms with E-state index < -0.39 is 10.0 Å². The van der Waals surface area contributed by atoms with E-state index in [2.05, 4.69) is 9.71 Å². The van der Waals surface area contributed by atoms with Gasteiger partial charge in [-0.05, 0) is 18.6 Å². The van der Waals surface area contributed by atoms with Crippen LogP contribution in [0.2, 0.25) is 0 Å². The molecule has 2 N–H and O–H groups in total. The molecule has 0 aliphatic rings. The van der Waals surface area contributed by atoms with Gasteiger partial charge in [-0.25, -0.2) is 8.42 Å². The molecule has 2 aromatic rings. The second-order valence-corrected chi connectivity index (χ2v) is 6.01. The lowest BCUT2D eigenvalue weighted by molar-refractivity contribution is 0.600. The first-order valence-electron chi connectivity index (χ1n) is 5.69. The molecule has 6 heteroatoms. The third kappa shape index (κ3) is 3.96. The maximum Gasteiger partial charge on any atom is 0.248 e. The zero-order chi connectivity index (χ0) is 13.9. The summed E-state index contributed by atoms with van der Waals surface area (Å²) in [5, 5.41) is 0. The van der Waals surface area contributed by atoms with Crippen LogP contribution in [0.25, 0.3) is 0 Å². The molecular formula is C13H14N2O3S. The van der Waals surface area contributed by atoms with Gasteiger partial charge in [-0.1, -0.05) is 29.8 Å². The molecule has 5 nitrogen and oxygen atoms in total. The molecule has 1 aromatic carbocycles. The highest BCUT2D eigenvalue weighted by atomic mass is 32.2. The normalized spacial score (nSPS) is 11.2. The monoisotopic (exact) mass is 278 g/mol. The van der Waals surface area contributed by atoms with Gasteiger partial charge in [0.2, 0.25) is 15.6 Å². The molecule has 0 fully saturated rings. The van der Waals surface area contributed by atoms with Crippen molar-refractivity contribution >= 4 is 15.7 Å². The second kappa shape index (κ2) is 5.27. The predicted molar refractivity (Wildman–Crippen MR) is 74.5 cm³/mol. The highest BCUT2D eigenvalue weighted by molar-refractivity contribution is 7.91. The third-order valence-electron chi connectivity index (χ3n) is 2.50. The van der Waals surface area contributed by atoms with E-state index in [1.807, 2.05) is 25.1 Å². The Morgan fingerprint density at radius 2 is 2.00 bits per heavy atom. The summed E-state index contributed by atoms with van der Waals surface area (Å²) in [6, 6.07) is 10.0. The summed E-state index contributed by atoms with van der Waals surface area (Å²) in [4.78, 5) is 13.3. The van der Waals surface area contributed by atoms with E-state index in [9.17, 15) is 13.2 Å². The van der Waals surface area contributed by atoms with Gasteiger partial charge in [-0.15, -0.1) is 0 Å². The summed E-state index contributed by atoms with van der Waals surface area (Å²) in [5.41, 5.74) is 1.79. The average Bonchev–Trinajstić information content (AvgIpc) is 2.31. The summed E-state index contributed by atoms with van der Waals surface area (Å²) < 4.78 is 26.3. The van der Waals surface area contributed by atoms with Crippen molar-refractivity contribution in [1.82, 2.24) is 4.98 Å². The minimum absolute atomic E-state index is 0.103. The zero-order valence-corrected chi connectivity index (χ0v) is 11.2. The van der Waals surface area contributed by atoms with Crippen LogP contribution < -0.4 is 10.3 Å². The quantitative estimate of drug-likeness (QED) is 0.892. The molecule has 0 saturated carbocycles. The smallest absolute Gasteiger partial charge is 0.248 e. The molecule has 0 aliphatic heterocycles. The number of aromatic amines is 1. The van der Waals surface area contributed by atoms with Crippen LogP contribution in [0.1, 0.15) is 11.1 Å². The van der Waals surface area contributed by atoms with E-state index in [1.165, 1.54) is 18.3 Å². The lowest BCUT2D eigenvalue weighted by Gasteiger charge is -2.08. The molecule has 2 rings (SSSR count). The van der Waals surface area contributed by atoms with Crippen LogP contribution in [0.5, 0.6) is 0 Å². The van der Waals surface area contributed by atoms with Crippen LogP contribution in [-0.4, -0.2) is 13.4 Å². The highest BCUT2D eigenvalue weighted by Gasteiger charge is 2.11. The van der Waals surface area contributed by atoms with Gasteiger partial charge in [-0.2, -0.15) is 0 Å². The zero-order valence-electron chi connectivity index (χ0n) is 10.4. The Kier molecular flexibility index (Phi) is 3.71. The summed E-state index contributed by atoms with van der Waals surface area (Å²) in [6.07, 6.45) is 1.33. The van der Waals surface area contributed by atoms with E-state index in [0.29, 0.717) is 5.69 Å². The van der Waals surface area contributed by atoms with E-state index in [4.69, 9.17) is 0 Å². The summed E-state index contributed by atoms with van der Waals surface area (Å²) >= 11 is 0. The average molecular weight is 278 g/mol. The Balaban J connectivity index is 2.15. The van der Waals surface area contributed by atoms with Gasteiger partial charge < -0.3 is 4.98 Å². The number of anilines is 1. The first kappa shape index (κ1) is 13.4. The van der Waals surface area contributed by atoms with Crippen molar-refractivity contribution in [2.75, 3.05) is 4.72 Å². The van der Waals surface area contributed by atoms with Crippen LogP contribution >= 0.6 is 0 Å². The molecule has 1 heterocycles. The van der Waals surface area contributed by atoms with Crippen molar-refractivity contribution < 1.29 is 8.42 Å². The molecule has 0 radical (unpaired) electrons. The fourth-order valence-electron chi connectivity index (χ4n) is 1.71. The van der Waals surface area contributed by atoms with E-state index in [1.54, 1.807) is 6.07 Å². The molecule has 0 bridgehead atoms. The number of pyridine rings is 1. The summed E-state index contributed by atoms with van der Waals surface area (Å²) in [5.74, 6) is -0.103. The number of H-pyrrole nitrogens is 1. The van der Waals surface area contributed by atoms with Gasteiger partial charge in [0.25, 0.3) is 0 Å². The lowest BCUT2D eigenvalue weighted by atomic mass is 10.2. The van der Waals surface area contributed by atoms with Gasteiger partial charge in [-0.3, -0.25) is 9.52 Å². The number of sulfonamides is 1. The number of hydrogen-bond acceptors (Lipinski definition) is 3. The minimum Gasteiger partial charge on any atom is -0.327 e. The van der Waals surface area contributed by atoms with Gasteiger partial charge in [0.05, 0.1) is 11.4 Å².